The largest absolute Gasteiger partial charge is 0.383 e. The highest BCUT2D eigenvalue weighted by Crippen LogP contribution is 2.33. The van der Waals surface area contributed by atoms with Crippen LogP contribution in [-0.4, -0.2) is 43.7 Å². The molecule has 3 aromatic heterocycles. The van der Waals surface area contributed by atoms with Crippen LogP contribution < -0.4 is 16.4 Å². The van der Waals surface area contributed by atoms with E-state index < -0.39 is 0 Å². The Morgan fingerprint density at radius 2 is 2.00 bits per heavy atom. The Balaban J connectivity index is 1.48. The number of carbonyl (C=O) groups excluding carboxylic acids is 1. The molecule has 4 N–H and O–H groups in total. The minimum absolute atomic E-state index is 0.211. The highest BCUT2D eigenvalue weighted by molar-refractivity contribution is 6.04. The molecule has 9 heteroatoms. The zero-order chi connectivity index (χ0) is 21.2. The van der Waals surface area contributed by atoms with Crippen LogP contribution in [0.15, 0.2) is 55.0 Å². The number of amides is 1. The van der Waals surface area contributed by atoms with Gasteiger partial charge in [-0.2, -0.15) is 5.10 Å². The second kappa shape index (κ2) is 8.11. The molecule has 31 heavy (non-hydrogen) atoms. The summed E-state index contributed by atoms with van der Waals surface area (Å²) in [5.74, 6) is 0.677. The zero-order valence-electron chi connectivity index (χ0n) is 16.8. The summed E-state index contributed by atoms with van der Waals surface area (Å²) in [4.78, 5) is 25.3. The molecule has 156 valence electrons. The number of piperidine rings is 1. The number of fused-ring (bicyclic) bond motifs is 1. The van der Waals surface area contributed by atoms with E-state index in [-0.39, 0.29) is 11.9 Å². The Labute approximate surface area is 178 Å². The number of nitrogens with zero attached hydrogens (tertiary/aromatic N) is 5. The van der Waals surface area contributed by atoms with Gasteiger partial charge in [-0.25, -0.2) is 19.6 Å². The Morgan fingerprint density at radius 3 is 2.74 bits per heavy atom. The van der Waals surface area contributed by atoms with Gasteiger partial charge in [-0.05, 0) is 43.7 Å². The molecule has 5 rings (SSSR count). The van der Waals surface area contributed by atoms with E-state index in [4.69, 9.17) is 10.8 Å². The molecule has 0 aliphatic carbocycles. The summed E-state index contributed by atoms with van der Waals surface area (Å²) in [5.41, 5.74) is 9.03. The standard InChI is InChI=1S/C22H22N8O/c23-20-18-19(29-30(21(18)27-13-26-20)16-4-3-10-24-12-16)14-6-8-15(9-7-14)22(31)28-17-5-1-2-11-25-17/h1-2,5-9,11,13,16,24H,3-4,10,12H2,(H2,23,26,27)(H,25,28,31). The fraction of sp³-hybridized carbons (Fsp3) is 0.227. The van der Waals surface area contributed by atoms with Crippen LogP contribution in [0.1, 0.15) is 29.2 Å². The van der Waals surface area contributed by atoms with Gasteiger partial charge >= 0.3 is 0 Å². The predicted octanol–water partition coefficient (Wildman–Crippen LogP) is 2.65. The quantitative estimate of drug-likeness (QED) is 0.469. The smallest absolute Gasteiger partial charge is 0.256 e. The molecule has 1 fully saturated rings. The zero-order valence-corrected chi connectivity index (χ0v) is 16.8. The minimum atomic E-state index is -0.225. The number of pyridine rings is 1. The molecule has 1 saturated heterocycles. The van der Waals surface area contributed by atoms with E-state index in [0.717, 1.165) is 48.2 Å². The third-order valence-electron chi connectivity index (χ3n) is 5.46. The van der Waals surface area contributed by atoms with Crippen molar-refractivity contribution in [3.05, 3.63) is 60.6 Å². The van der Waals surface area contributed by atoms with Gasteiger partial charge in [-0.3, -0.25) is 4.79 Å². The minimum Gasteiger partial charge on any atom is -0.383 e. The summed E-state index contributed by atoms with van der Waals surface area (Å²) in [6.07, 6.45) is 5.22. The molecule has 1 aliphatic heterocycles. The van der Waals surface area contributed by atoms with Gasteiger partial charge in [0.2, 0.25) is 0 Å². The van der Waals surface area contributed by atoms with Crippen LogP contribution in [0.2, 0.25) is 0 Å². The normalized spacial score (nSPS) is 16.3. The van der Waals surface area contributed by atoms with E-state index in [2.05, 4.69) is 25.6 Å². The third-order valence-corrected chi connectivity index (χ3v) is 5.46. The van der Waals surface area contributed by atoms with Gasteiger partial charge in [0.05, 0.1) is 11.4 Å². The lowest BCUT2D eigenvalue weighted by Crippen LogP contribution is -2.32. The van der Waals surface area contributed by atoms with E-state index in [0.29, 0.717) is 17.2 Å². The van der Waals surface area contributed by atoms with Crippen molar-refractivity contribution in [2.75, 3.05) is 24.1 Å². The number of anilines is 2. The van der Waals surface area contributed by atoms with Gasteiger partial charge in [0.15, 0.2) is 5.65 Å². The molecule has 1 aromatic carbocycles. The number of hydrogen-bond donors (Lipinski definition) is 3. The van der Waals surface area contributed by atoms with Crippen LogP contribution in [0.4, 0.5) is 11.6 Å². The van der Waals surface area contributed by atoms with Crippen molar-refractivity contribution >= 4 is 28.6 Å². The molecule has 1 atom stereocenters. The summed E-state index contributed by atoms with van der Waals surface area (Å²) in [5, 5.41) is 11.8. The van der Waals surface area contributed by atoms with Crippen molar-refractivity contribution in [2.45, 2.75) is 18.9 Å². The van der Waals surface area contributed by atoms with Gasteiger partial charge in [0, 0.05) is 23.9 Å². The second-order valence-corrected chi connectivity index (χ2v) is 7.50. The highest BCUT2D eigenvalue weighted by Gasteiger charge is 2.23. The van der Waals surface area contributed by atoms with Crippen LogP contribution in [-0.2, 0) is 0 Å². The SMILES string of the molecule is Nc1ncnc2c1c(-c1ccc(C(=O)Nc3ccccn3)cc1)nn2C1CCCNC1. The van der Waals surface area contributed by atoms with Crippen LogP contribution in [0.3, 0.4) is 0 Å². The lowest BCUT2D eigenvalue weighted by atomic mass is 10.1. The Bertz CT molecular complexity index is 1210. The van der Waals surface area contributed by atoms with E-state index in [1.165, 1.54) is 6.33 Å². The first-order chi connectivity index (χ1) is 15.2. The van der Waals surface area contributed by atoms with E-state index in [1.807, 2.05) is 22.9 Å². The summed E-state index contributed by atoms with van der Waals surface area (Å²) in [6.45, 7) is 1.86. The number of nitrogen functional groups attached to an aromatic ring is 1. The second-order valence-electron chi connectivity index (χ2n) is 7.50. The lowest BCUT2D eigenvalue weighted by Gasteiger charge is -2.23. The van der Waals surface area contributed by atoms with Crippen LogP contribution in [0.25, 0.3) is 22.3 Å². The number of nitrogens with two attached hydrogens (primary N) is 1. The Morgan fingerprint density at radius 1 is 1.13 bits per heavy atom. The maximum absolute atomic E-state index is 12.5. The van der Waals surface area contributed by atoms with Crippen molar-refractivity contribution in [1.29, 1.82) is 0 Å². The average molecular weight is 414 g/mol. The molecule has 0 spiro atoms. The van der Waals surface area contributed by atoms with Gasteiger partial charge in [0.25, 0.3) is 5.91 Å². The fourth-order valence-electron chi connectivity index (χ4n) is 3.90. The van der Waals surface area contributed by atoms with Gasteiger partial charge < -0.3 is 16.4 Å². The maximum Gasteiger partial charge on any atom is 0.256 e. The first-order valence-corrected chi connectivity index (χ1v) is 10.2. The first kappa shape index (κ1) is 19.1. The average Bonchev–Trinajstić information content (AvgIpc) is 3.21. The predicted molar refractivity (Wildman–Crippen MR) is 119 cm³/mol. The number of aromatic nitrogens is 5. The Hall–Kier alpha value is -3.85. The highest BCUT2D eigenvalue weighted by atomic mass is 16.1. The number of benzene rings is 1. The van der Waals surface area contributed by atoms with Gasteiger partial charge in [-0.1, -0.05) is 18.2 Å². The van der Waals surface area contributed by atoms with E-state index in [9.17, 15) is 4.79 Å². The maximum atomic E-state index is 12.5. The van der Waals surface area contributed by atoms with Crippen LogP contribution >= 0.6 is 0 Å². The third kappa shape index (κ3) is 3.71. The molecule has 1 aliphatic rings. The summed E-state index contributed by atoms with van der Waals surface area (Å²) in [6, 6.07) is 12.8. The Kier molecular flexibility index (Phi) is 5.01. The fourth-order valence-corrected chi connectivity index (χ4v) is 3.90. The number of rotatable bonds is 4. The summed E-state index contributed by atoms with van der Waals surface area (Å²) >= 11 is 0. The molecular weight excluding hydrogens is 392 g/mol. The van der Waals surface area contributed by atoms with Crippen molar-refractivity contribution in [1.82, 2.24) is 30.0 Å². The van der Waals surface area contributed by atoms with Gasteiger partial charge in [0.1, 0.15) is 23.7 Å². The van der Waals surface area contributed by atoms with Crippen LogP contribution in [0.5, 0.6) is 0 Å². The molecule has 0 saturated carbocycles. The number of nitrogens with one attached hydrogen (secondary N) is 2. The number of hydrogen-bond acceptors (Lipinski definition) is 7. The molecule has 0 bridgehead atoms. The molecule has 9 nitrogen and oxygen atoms in total. The molecule has 4 aromatic rings. The monoisotopic (exact) mass is 414 g/mol. The van der Waals surface area contributed by atoms with Crippen molar-refractivity contribution < 1.29 is 4.79 Å². The topological polar surface area (TPSA) is 124 Å². The van der Waals surface area contributed by atoms with E-state index >= 15 is 0 Å². The molecule has 1 unspecified atom stereocenters. The molecule has 1 amide bonds. The molecule has 0 radical (unpaired) electrons. The van der Waals surface area contributed by atoms with Crippen LogP contribution in [0, 0.1) is 0 Å². The molecular formula is C22H22N8O. The van der Waals surface area contributed by atoms with Gasteiger partial charge in [-0.15, -0.1) is 0 Å². The van der Waals surface area contributed by atoms with Crippen molar-refractivity contribution in [3.8, 4) is 11.3 Å². The summed E-state index contributed by atoms with van der Waals surface area (Å²) in [7, 11) is 0. The summed E-state index contributed by atoms with van der Waals surface area (Å²) < 4.78 is 1.95. The van der Waals surface area contributed by atoms with E-state index in [1.54, 1.807) is 30.5 Å². The van der Waals surface area contributed by atoms with Crippen molar-refractivity contribution in [2.24, 2.45) is 0 Å². The number of carbonyl (C=O) groups is 1. The molecule has 4 heterocycles. The first-order valence-electron chi connectivity index (χ1n) is 10.2. The van der Waals surface area contributed by atoms with Crippen molar-refractivity contribution in [3.63, 3.8) is 0 Å². The lowest BCUT2D eigenvalue weighted by molar-refractivity contribution is 0.102.